The Morgan fingerprint density at radius 2 is 2.00 bits per heavy atom. The van der Waals surface area contributed by atoms with Crippen LogP contribution >= 0.6 is 0 Å². The van der Waals surface area contributed by atoms with Gasteiger partial charge in [0.25, 0.3) is 5.91 Å². The zero-order chi connectivity index (χ0) is 21.1. The molecule has 0 aliphatic carbocycles. The zero-order valence-corrected chi connectivity index (χ0v) is 17.6. The van der Waals surface area contributed by atoms with Gasteiger partial charge < -0.3 is 19.7 Å². The van der Waals surface area contributed by atoms with Gasteiger partial charge in [-0.1, -0.05) is 6.07 Å². The number of hydrogen-bond donors (Lipinski definition) is 2. The van der Waals surface area contributed by atoms with E-state index in [1.807, 2.05) is 26.1 Å². The number of nitrogens with zero attached hydrogens (tertiary/aromatic N) is 4. The Hall–Kier alpha value is -2.68. The molecule has 0 spiro atoms. The first-order valence-electron chi connectivity index (χ1n) is 10.4. The van der Waals surface area contributed by atoms with Crippen LogP contribution in [0.3, 0.4) is 0 Å². The van der Waals surface area contributed by atoms with Crippen LogP contribution in [0.4, 0.5) is 0 Å². The molecule has 2 N–H and O–H groups in total. The summed E-state index contributed by atoms with van der Waals surface area (Å²) in [7, 11) is 1.85. The zero-order valence-electron chi connectivity index (χ0n) is 17.6. The van der Waals surface area contributed by atoms with E-state index in [2.05, 4.69) is 38.1 Å². The number of hydrogen-bond acceptors (Lipinski definition) is 5. The van der Waals surface area contributed by atoms with Crippen molar-refractivity contribution in [3.63, 3.8) is 0 Å². The number of aromatic nitrogens is 3. The summed E-state index contributed by atoms with van der Waals surface area (Å²) < 4.78 is 9.20. The topological polar surface area (TPSA) is 84.6 Å². The average Bonchev–Trinajstić information content (AvgIpc) is 3.28. The monoisotopic (exact) mass is 411 g/mol. The minimum absolute atomic E-state index is 0.109. The molecule has 1 aliphatic heterocycles. The van der Waals surface area contributed by atoms with Crippen LogP contribution in [0.25, 0.3) is 22.2 Å². The van der Waals surface area contributed by atoms with Gasteiger partial charge in [-0.15, -0.1) is 0 Å². The van der Waals surface area contributed by atoms with Gasteiger partial charge in [0.05, 0.1) is 25.5 Å². The normalized spacial score (nSPS) is 15.0. The second-order valence-corrected chi connectivity index (χ2v) is 7.68. The lowest BCUT2D eigenvalue weighted by Gasteiger charge is -2.26. The number of fused-ring (bicyclic) bond motifs is 1. The number of amides is 1. The van der Waals surface area contributed by atoms with Crippen molar-refractivity contribution >= 4 is 16.8 Å². The maximum Gasteiger partial charge on any atom is 0.271 e. The van der Waals surface area contributed by atoms with E-state index >= 15 is 0 Å². The van der Waals surface area contributed by atoms with Crippen LogP contribution in [0, 0.1) is 6.92 Å². The van der Waals surface area contributed by atoms with Gasteiger partial charge in [0.1, 0.15) is 0 Å². The largest absolute Gasteiger partial charge is 0.395 e. The van der Waals surface area contributed by atoms with E-state index in [9.17, 15) is 9.90 Å². The third-order valence-electron chi connectivity index (χ3n) is 5.66. The summed E-state index contributed by atoms with van der Waals surface area (Å²) in [5.74, 6) is -0.156. The van der Waals surface area contributed by atoms with Crippen molar-refractivity contribution in [2.45, 2.75) is 13.5 Å². The summed E-state index contributed by atoms with van der Waals surface area (Å²) in [6.07, 6.45) is 0. The summed E-state index contributed by atoms with van der Waals surface area (Å²) in [4.78, 5) is 14.8. The van der Waals surface area contributed by atoms with Crippen molar-refractivity contribution in [2.24, 2.45) is 7.05 Å². The predicted octanol–water partition coefficient (Wildman–Crippen LogP) is 1.40. The fourth-order valence-corrected chi connectivity index (χ4v) is 4.06. The summed E-state index contributed by atoms with van der Waals surface area (Å²) in [5.41, 5.74) is 4.52. The first-order chi connectivity index (χ1) is 14.6. The van der Waals surface area contributed by atoms with Gasteiger partial charge in [0.15, 0.2) is 5.69 Å². The van der Waals surface area contributed by atoms with Crippen molar-refractivity contribution in [1.82, 2.24) is 24.6 Å². The molecular weight excluding hydrogens is 382 g/mol. The lowest BCUT2D eigenvalue weighted by Crippen LogP contribution is -2.41. The molecular formula is C22H29N5O3. The number of ether oxygens (including phenoxy) is 1. The average molecular weight is 412 g/mol. The molecule has 0 saturated carbocycles. The molecule has 8 heteroatoms. The fourth-order valence-electron chi connectivity index (χ4n) is 4.06. The van der Waals surface area contributed by atoms with Crippen LogP contribution in [0.1, 0.15) is 16.2 Å². The van der Waals surface area contributed by atoms with Crippen LogP contribution in [-0.4, -0.2) is 76.3 Å². The fraction of sp³-hybridized carbons (Fsp3) is 0.455. The molecule has 30 heavy (non-hydrogen) atoms. The van der Waals surface area contributed by atoms with E-state index in [0.717, 1.165) is 60.7 Å². The lowest BCUT2D eigenvalue weighted by molar-refractivity contribution is 0.0383. The summed E-state index contributed by atoms with van der Waals surface area (Å²) in [6, 6.07) is 10.1. The maximum absolute atomic E-state index is 12.6. The molecule has 1 amide bonds. The Morgan fingerprint density at radius 1 is 1.20 bits per heavy atom. The van der Waals surface area contributed by atoms with E-state index in [0.29, 0.717) is 18.8 Å². The molecule has 1 aliphatic rings. The lowest BCUT2D eigenvalue weighted by atomic mass is 10.1. The number of morpholine rings is 1. The molecule has 2 aromatic heterocycles. The van der Waals surface area contributed by atoms with Gasteiger partial charge in [-0.25, -0.2) is 0 Å². The highest BCUT2D eigenvalue weighted by Crippen LogP contribution is 2.27. The van der Waals surface area contributed by atoms with Gasteiger partial charge in [-0.2, -0.15) is 5.10 Å². The molecule has 3 heterocycles. The number of carbonyl (C=O) groups excluding carboxylic acids is 1. The third-order valence-corrected chi connectivity index (χ3v) is 5.66. The molecule has 0 radical (unpaired) electrons. The molecule has 160 valence electrons. The molecule has 0 atom stereocenters. The molecule has 8 nitrogen and oxygen atoms in total. The van der Waals surface area contributed by atoms with Crippen molar-refractivity contribution in [2.75, 3.05) is 46.0 Å². The van der Waals surface area contributed by atoms with Crippen molar-refractivity contribution in [3.8, 4) is 11.3 Å². The first kappa shape index (κ1) is 20.6. The van der Waals surface area contributed by atoms with Gasteiger partial charge in [-0.3, -0.25) is 14.4 Å². The Morgan fingerprint density at radius 3 is 2.77 bits per heavy atom. The minimum Gasteiger partial charge on any atom is -0.395 e. The third kappa shape index (κ3) is 4.26. The van der Waals surface area contributed by atoms with Crippen LogP contribution in [0.2, 0.25) is 0 Å². The number of aryl methyl sites for hydroxylation is 2. The van der Waals surface area contributed by atoms with Crippen LogP contribution in [0.15, 0.2) is 30.3 Å². The number of benzene rings is 1. The van der Waals surface area contributed by atoms with Crippen LogP contribution < -0.4 is 5.32 Å². The second kappa shape index (κ2) is 8.99. The predicted molar refractivity (Wildman–Crippen MR) is 116 cm³/mol. The molecule has 0 bridgehead atoms. The smallest absolute Gasteiger partial charge is 0.271 e. The number of nitrogens with one attached hydrogen (secondary N) is 1. The summed E-state index contributed by atoms with van der Waals surface area (Å²) in [6.45, 7) is 7.46. The van der Waals surface area contributed by atoms with E-state index in [1.54, 1.807) is 4.68 Å². The minimum atomic E-state index is -0.156. The van der Waals surface area contributed by atoms with Gasteiger partial charge in [0, 0.05) is 61.9 Å². The Balaban J connectivity index is 1.47. The second-order valence-electron chi connectivity index (χ2n) is 7.68. The first-order valence-corrected chi connectivity index (χ1v) is 10.4. The van der Waals surface area contributed by atoms with Gasteiger partial charge in [-0.05, 0) is 31.2 Å². The van der Waals surface area contributed by atoms with Crippen LogP contribution in [0.5, 0.6) is 0 Å². The number of rotatable bonds is 7. The van der Waals surface area contributed by atoms with E-state index < -0.39 is 0 Å². The number of aliphatic hydroxyl groups is 1. The van der Waals surface area contributed by atoms with E-state index in [1.165, 1.54) is 0 Å². The molecule has 3 aromatic rings. The van der Waals surface area contributed by atoms with E-state index in [-0.39, 0.29) is 12.5 Å². The van der Waals surface area contributed by atoms with Crippen LogP contribution in [-0.2, 0) is 18.3 Å². The standard InChI is InChI=1S/C22H29N5O3/c1-16-13-18-14-17(3-4-20(18)27(16)7-10-28)21-15-19(24-25(21)2)22(29)23-5-6-26-8-11-30-12-9-26/h3-4,13-15,28H,5-12H2,1-2H3,(H,23,29). The molecule has 1 fully saturated rings. The van der Waals surface area contributed by atoms with Gasteiger partial charge in [0.2, 0.25) is 0 Å². The Labute approximate surface area is 176 Å². The van der Waals surface area contributed by atoms with E-state index in [4.69, 9.17) is 4.74 Å². The highest BCUT2D eigenvalue weighted by atomic mass is 16.5. The van der Waals surface area contributed by atoms with Crippen molar-refractivity contribution in [1.29, 1.82) is 0 Å². The quantitative estimate of drug-likeness (QED) is 0.614. The Bertz CT molecular complexity index is 1030. The number of aliphatic hydroxyl groups excluding tert-OH is 1. The molecule has 4 rings (SSSR count). The molecule has 1 saturated heterocycles. The number of carbonyl (C=O) groups is 1. The summed E-state index contributed by atoms with van der Waals surface area (Å²) >= 11 is 0. The van der Waals surface area contributed by atoms with Gasteiger partial charge >= 0.3 is 0 Å². The SMILES string of the molecule is Cc1cc2cc(-c3cc(C(=O)NCCN4CCOCC4)nn3C)ccc2n1CCO. The highest BCUT2D eigenvalue weighted by Gasteiger charge is 2.16. The van der Waals surface area contributed by atoms with Crippen molar-refractivity contribution in [3.05, 3.63) is 41.7 Å². The summed E-state index contributed by atoms with van der Waals surface area (Å²) in [5, 5.41) is 17.8. The highest BCUT2D eigenvalue weighted by molar-refractivity contribution is 5.94. The van der Waals surface area contributed by atoms with Crippen molar-refractivity contribution < 1.29 is 14.6 Å². The molecule has 1 aromatic carbocycles. The molecule has 0 unspecified atom stereocenters. The maximum atomic E-state index is 12.6. The Kier molecular flexibility index (Phi) is 6.17.